The summed E-state index contributed by atoms with van der Waals surface area (Å²) in [5.74, 6) is -3.15. The standard InChI is InChI=1S/C65H112O12/c1-4-7-10-13-16-19-22-25-28-29-32-35-38-41-44-47-50-53-59(68)76-63-61(70)60(69)62(64(71)72)77-65(63)74-55-56(75-58(67)52-49-46-43-40-37-34-31-27-24-21-18-15-12-9-6-3)54-73-57(66)51-48-45-42-39-36-33-30-26-23-20-17-14-11-8-5-2/h16-17,19-20,25-28,30-31,56,60-63,65,69-70H,4-15,18,21-24,29,32-55H2,1-3H3,(H,71,72)/b19-16-,20-17-,28-25-,30-26-,31-27-. The van der Waals surface area contributed by atoms with Crippen molar-refractivity contribution in [2.75, 3.05) is 13.2 Å². The Morgan fingerprint density at radius 3 is 1.21 bits per heavy atom. The number of rotatable bonds is 53. The second-order valence-electron chi connectivity index (χ2n) is 21.3. The maximum atomic E-state index is 13.2. The van der Waals surface area contributed by atoms with Gasteiger partial charge in [0, 0.05) is 19.3 Å². The number of aliphatic hydroxyl groups excluding tert-OH is 2. The summed E-state index contributed by atoms with van der Waals surface area (Å²) in [5.41, 5.74) is 0. The van der Waals surface area contributed by atoms with Crippen LogP contribution in [0.15, 0.2) is 60.8 Å². The lowest BCUT2D eigenvalue weighted by Gasteiger charge is -2.40. The SMILES string of the molecule is CCCCC/C=C\C/C=C\CCCCCCCCCC(=O)OC1C(OCC(COC(=O)CCCCCCC/C=C\C/C=C\CCCCC)OC(=O)CCCCCCC/C=C\CCCCCCCC)OC(C(=O)O)C(O)C1O. The molecule has 0 radical (unpaired) electrons. The van der Waals surface area contributed by atoms with Crippen LogP contribution in [0, 0.1) is 0 Å². The molecule has 1 rings (SSSR count). The number of ether oxygens (including phenoxy) is 5. The fourth-order valence-electron chi connectivity index (χ4n) is 9.19. The summed E-state index contributed by atoms with van der Waals surface area (Å²) in [5, 5.41) is 31.5. The minimum atomic E-state index is -1.91. The maximum Gasteiger partial charge on any atom is 0.335 e. The molecular weight excluding hydrogens is 973 g/mol. The Hall–Kier alpha value is -3.58. The third-order valence-corrected chi connectivity index (χ3v) is 14.0. The molecule has 6 unspecified atom stereocenters. The Balaban J connectivity index is 2.69. The molecule has 1 aliphatic rings. The first-order chi connectivity index (χ1) is 37.6. The van der Waals surface area contributed by atoms with Gasteiger partial charge in [0.25, 0.3) is 0 Å². The Morgan fingerprint density at radius 2 is 0.779 bits per heavy atom. The number of carbonyl (C=O) groups is 4. The Morgan fingerprint density at radius 1 is 0.429 bits per heavy atom. The van der Waals surface area contributed by atoms with E-state index >= 15 is 0 Å². The van der Waals surface area contributed by atoms with Crippen molar-refractivity contribution < 1.29 is 58.2 Å². The molecule has 0 saturated carbocycles. The van der Waals surface area contributed by atoms with Crippen molar-refractivity contribution in [1.29, 1.82) is 0 Å². The van der Waals surface area contributed by atoms with Crippen molar-refractivity contribution in [3.8, 4) is 0 Å². The second kappa shape index (κ2) is 53.1. The average Bonchev–Trinajstić information content (AvgIpc) is 3.43. The smallest absolute Gasteiger partial charge is 0.335 e. The van der Waals surface area contributed by atoms with Crippen molar-refractivity contribution in [3.63, 3.8) is 0 Å². The molecule has 3 N–H and O–H groups in total. The number of hydrogen-bond acceptors (Lipinski definition) is 11. The van der Waals surface area contributed by atoms with E-state index in [1.54, 1.807) is 0 Å². The van der Waals surface area contributed by atoms with Gasteiger partial charge in [0.05, 0.1) is 6.61 Å². The quantitative estimate of drug-likeness (QED) is 0.0228. The molecule has 0 spiro atoms. The fourth-order valence-corrected chi connectivity index (χ4v) is 9.19. The van der Waals surface area contributed by atoms with E-state index in [0.717, 1.165) is 141 Å². The van der Waals surface area contributed by atoms with Gasteiger partial charge in [-0.25, -0.2) is 4.79 Å². The van der Waals surface area contributed by atoms with Gasteiger partial charge in [0.15, 0.2) is 24.6 Å². The van der Waals surface area contributed by atoms with Crippen LogP contribution in [-0.2, 0) is 42.9 Å². The van der Waals surface area contributed by atoms with Gasteiger partial charge in [0.1, 0.15) is 18.8 Å². The van der Waals surface area contributed by atoms with Crippen molar-refractivity contribution in [1.82, 2.24) is 0 Å². The summed E-state index contributed by atoms with van der Waals surface area (Å²) >= 11 is 0. The Bertz CT molecular complexity index is 1570. The second-order valence-corrected chi connectivity index (χ2v) is 21.3. The van der Waals surface area contributed by atoms with Gasteiger partial charge in [-0.05, 0) is 109 Å². The molecule has 1 heterocycles. The number of carbonyl (C=O) groups excluding carboxylic acids is 3. The summed E-state index contributed by atoms with van der Waals surface area (Å²) in [6, 6.07) is 0. The molecule has 0 amide bonds. The molecule has 6 atom stereocenters. The van der Waals surface area contributed by atoms with Crippen molar-refractivity contribution in [2.24, 2.45) is 0 Å². The molecule has 0 aromatic rings. The molecule has 0 aromatic heterocycles. The van der Waals surface area contributed by atoms with Crippen molar-refractivity contribution in [2.45, 2.75) is 314 Å². The van der Waals surface area contributed by atoms with Crippen molar-refractivity contribution >= 4 is 23.9 Å². The van der Waals surface area contributed by atoms with Crippen LogP contribution in [0.2, 0.25) is 0 Å². The van der Waals surface area contributed by atoms with Crippen LogP contribution in [0.4, 0.5) is 0 Å². The molecule has 0 aromatic carbocycles. The van der Waals surface area contributed by atoms with Gasteiger partial charge in [-0.1, -0.05) is 210 Å². The molecule has 1 saturated heterocycles. The van der Waals surface area contributed by atoms with E-state index in [1.807, 2.05) is 0 Å². The number of unbranched alkanes of at least 4 members (excludes halogenated alkanes) is 29. The zero-order valence-corrected chi connectivity index (χ0v) is 49.0. The van der Waals surface area contributed by atoms with Crippen LogP contribution in [0.1, 0.15) is 278 Å². The van der Waals surface area contributed by atoms with E-state index in [-0.39, 0.29) is 25.9 Å². The predicted molar refractivity (Wildman–Crippen MR) is 312 cm³/mol. The number of allylic oxidation sites excluding steroid dienone is 10. The van der Waals surface area contributed by atoms with E-state index in [2.05, 4.69) is 81.5 Å². The van der Waals surface area contributed by atoms with Crippen LogP contribution < -0.4 is 0 Å². The first kappa shape index (κ1) is 71.4. The highest BCUT2D eigenvalue weighted by Gasteiger charge is 2.50. The first-order valence-electron chi connectivity index (χ1n) is 31.3. The van der Waals surface area contributed by atoms with Gasteiger partial charge in [-0.2, -0.15) is 0 Å². The summed E-state index contributed by atoms with van der Waals surface area (Å²) in [7, 11) is 0. The lowest BCUT2D eigenvalue weighted by molar-refractivity contribution is -0.301. The molecule has 0 aliphatic carbocycles. The normalized spacial score (nSPS) is 18.4. The van der Waals surface area contributed by atoms with Crippen LogP contribution >= 0.6 is 0 Å². The van der Waals surface area contributed by atoms with Crippen LogP contribution in [0.3, 0.4) is 0 Å². The van der Waals surface area contributed by atoms with E-state index in [4.69, 9.17) is 23.7 Å². The largest absolute Gasteiger partial charge is 0.479 e. The third-order valence-electron chi connectivity index (χ3n) is 14.0. The van der Waals surface area contributed by atoms with Crippen molar-refractivity contribution in [3.05, 3.63) is 60.8 Å². The lowest BCUT2D eigenvalue weighted by Crippen LogP contribution is -2.61. The number of carboxylic acids is 1. The van der Waals surface area contributed by atoms with Crippen LogP contribution in [-0.4, -0.2) is 89.2 Å². The minimum Gasteiger partial charge on any atom is -0.479 e. The Kier molecular flexibility index (Phi) is 49.2. The lowest BCUT2D eigenvalue weighted by atomic mass is 9.98. The number of hydrogen-bond donors (Lipinski definition) is 3. The summed E-state index contributed by atoms with van der Waals surface area (Å²) < 4.78 is 28.5. The Labute approximate surface area is 468 Å². The topological polar surface area (TPSA) is 175 Å². The number of aliphatic hydroxyl groups is 2. The zero-order valence-electron chi connectivity index (χ0n) is 49.0. The fraction of sp³-hybridized carbons (Fsp3) is 0.785. The third kappa shape index (κ3) is 43.0. The van der Waals surface area contributed by atoms with E-state index in [0.29, 0.717) is 19.3 Å². The van der Waals surface area contributed by atoms with Gasteiger partial charge >= 0.3 is 23.9 Å². The predicted octanol–water partition coefficient (Wildman–Crippen LogP) is 16.3. The molecular formula is C65H112O12. The summed E-state index contributed by atoms with van der Waals surface area (Å²) in [4.78, 5) is 51.2. The van der Waals surface area contributed by atoms with Gasteiger partial charge in [0.2, 0.25) is 0 Å². The van der Waals surface area contributed by atoms with E-state index in [9.17, 15) is 34.5 Å². The maximum absolute atomic E-state index is 13.2. The highest BCUT2D eigenvalue weighted by molar-refractivity contribution is 5.74. The first-order valence-corrected chi connectivity index (χ1v) is 31.3. The highest BCUT2D eigenvalue weighted by atomic mass is 16.7. The van der Waals surface area contributed by atoms with E-state index in [1.165, 1.54) is 77.0 Å². The molecule has 12 heteroatoms. The summed E-state index contributed by atoms with van der Waals surface area (Å²) in [6.45, 7) is 5.93. The number of carboxylic acid groups (broad SMARTS) is 1. The summed E-state index contributed by atoms with van der Waals surface area (Å²) in [6.07, 6.45) is 53.2. The molecule has 444 valence electrons. The molecule has 77 heavy (non-hydrogen) atoms. The highest BCUT2D eigenvalue weighted by Crippen LogP contribution is 2.26. The minimum absolute atomic E-state index is 0.0491. The molecule has 0 bridgehead atoms. The average molecular weight is 1090 g/mol. The van der Waals surface area contributed by atoms with Crippen LogP contribution in [0.5, 0.6) is 0 Å². The molecule has 12 nitrogen and oxygen atoms in total. The number of esters is 3. The van der Waals surface area contributed by atoms with Crippen LogP contribution in [0.25, 0.3) is 0 Å². The molecule has 1 aliphatic heterocycles. The van der Waals surface area contributed by atoms with Gasteiger partial charge < -0.3 is 39.0 Å². The van der Waals surface area contributed by atoms with E-state index < -0.39 is 67.3 Å². The number of aliphatic carboxylic acids is 1. The molecule has 1 fully saturated rings. The van der Waals surface area contributed by atoms with Gasteiger partial charge in [-0.3, -0.25) is 14.4 Å². The van der Waals surface area contributed by atoms with Gasteiger partial charge in [-0.15, -0.1) is 0 Å². The zero-order chi connectivity index (χ0) is 56.1. The monoisotopic (exact) mass is 1080 g/mol.